The Bertz CT molecular complexity index is 930. The molecule has 3 aromatic rings. The average molecular weight is 377 g/mol. The highest BCUT2D eigenvalue weighted by Crippen LogP contribution is 2.21. The summed E-state index contributed by atoms with van der Waals surface area (Å²) in [5, 5.41) is 11.1. The molecule has 1 heterocycles. The number of benzene rings is 2. The fraction of sp³-hybridized carbons (Fsp3) is 0.273. The molecule has 0 aliphatic rings. The van der Waals surface area contributed by atoms with E-state index in [0.717, 1.165) is 34.4 Å². The van der Waals surface area contributed by atoms with E-state index in [2.05, 4.69) is 27.6 Å². The van der Waals surface area contributed by atoms with Crippen molar-refractivity contribution in [2.45, 2.75) is 26.9 Å². The molecule has 0 aliphatic heterocycles. The summed E-state index contributed by atoms with van der Waals surface area (Å²) in [6.07, 6.45) is 0. The predicted octanol–water partition coefficient (Wildman–Crippen LogP) is 3.69. The molecule has 2 aromatic carbocycles. The van der Waals surface area contributed by atoms with Crippen LogP contribution in [-0.4, -0.2) is 22.8 Å². The average Bonchev–Trinajstić information content (AvgIpc) is 2.95. The van der Waals surface area contributed by atoms with Gasteiger partial charge in [-0.25, -0.2) is 0 Å². The quantitative estimate of drug-likeness (QED) is 0.508. The highest BCUT2D eigenvalue weighted by atomic mass is 16.5. The molecular weight excluding hydrogens is 350 g/mol. The first-order chi connectivity index (χ1) is 13.6. The van der Waals surface area contributed by atoms with E-state index in [0.29, 0.717) is 13.1 Å². The number of aliphatic imine (C=N–C) groups is 1. The van der Waals surface area contributed by atoms with E-state index in [1.807, 2.05) is 73.3 Å². The second kappa shape index (κ2) is 9.08. The van der Waals surface area contributed by atoms with E-state index in [1.54, 1.807) is 7.05 Å². The first-order valence-electron chi connectivity index (χ1n) is 9.32. The molecule has 0 fully saturated rings. The van der Waals surface area contributed by atoms with Gasteiger partial charge in [0.05, 0.1) is 5.69 Å². The monoisotopic (exact) mass is 377 g/mol. The van der Waals surface area contributed by atoms with Crippen molar-refractivity contribution < 1.29 is 4.74 Å². The number of hydrogen-bond acceptors (Lipinski definition) is 3. The second-order valence-electron chi connectivity index (χ2n) is 6.61. The van der Waals surface area contributed by atoms with Gasteiger partial charge in [-0.1, -0.05) is 30.3 Å². The van der Waals surface area contributed by atoms with Crippen LogP contribution in [0.2, 0.25) is 0 Å². The Balaban J connectivity index is 1.52. The molecule has 0 saturated carbocycles. The van der Waals surface area contributed by atoms with Crippen molar-refractivity contribution in [1.29, 1.82) is 0 Å². The highest BCUT2D eigenvalue weighted by Gasteiger charge is 2.09. The lowest BCUT2D eigenvalue weighted by molar-refractivity contribution is 0.482. The number of guanidine groups is 1. The predicted molar refractivity (Wildman–Crippen MR) is 113 cm³/mol. The summed E-state index contributed by atoms with van der Waals surface area (Å²) < 4.78 is 7.73. The molecule has 0 atom stereocenters. The highest BCUT2D eigenvalue weighted by molar-refractivity contribution is 5.79. The van der Waals surface area contributed by atoms with Crippen LogP contribution in [0.25, 0.3) is 0 Å². The molecule has 0 spiro atoms. The van der Waals surface area contributed by atoms with Crippen LogP contribution in [0.1, 0.15) is 22.5 Å². The number of aromatic nitrogens is 2. The number of aryl methyl sites for hydroxylation is 2. The molecule has 28 heavy (non-hydrogen) atoms. The summed E-state index contributed by atoms with van der Waals surface area (Å²) in [4.78, 5) is 4.30. The first-order valence-corrected chi connectivity index (χ1v) is 9.32. The van der Waals surface area contributed by atoms with E-state index in [-0.39, 0.29) is 0 Å². The van der Waals surface area contributed by atoms with Crippen molar-refractivity contribution in [3.8, 4) is 11.5 Å². The number of para-hydroxylation sites is 1. The molecule has 0 aliphatic carbocycles. The van der Waals surface area contributed by atoms with Gasteiger partial charge in [0.1, 0.15) is 11.5 Å². The standard InChI is InChI=1S/C22H27N5O/c1-16-21(17(2)27(4)26-16)15-25-22(23-3)24-14-18-10-12-20(13-11-18)28-19-8-6-5-7-9-19/h5-13H,14-15H2,1-4H3,(H2,23,24,25). The Morgan fingerprint density at radius 3 is 2.21 bits per heavy atom. The van der Waals surface area contributed by atoms with Gasteiger partial charge in [-0.2, -0.15) is 5.10 Å². The molecule has 6 heteroatoms. The van der Waals surface area contributed by atoms with Gasteiger partial charge < -0.3 is 15.4 Å². The number of ether oxygens (including phenoxy) is 1. The van der Waals surface area contributed by atoms with E-state index < -0.39 is 0 Å². The van der Waals surface area contributed by atoms with Crippen LogP contribution in [0.5, 0.6) is 11.5 Å². The summed E-state index contributed by atoms with van der Waals surface area (Å²) in [5.41, 5.74) is 4.55. The summed E-state index contributed by atoms with van der Waals surface area (Å²) in [6, 6.07) is 17.8. The van der Waals surface area contributed by atoms with Crippen molar-refractivity contribution >= 4 is 5.96 Å². The van der Waals surface area contributed by atoms with Crippen molar-refractivity contribution in [3.63, 3.8) is 0 Å². The smallest absolute Gasteiger partial charge is 0.191 e. The topological polar surface area (TPSA) is 63.5 Å². The number of nitrogens with zero attached hydrogens (tertiary/aromatic N) is 3. The minimum atomic E-state index is 0.677. The van der Waals surface area contributed by atoms with Crippen LogP contribution in [0.15, 0.2) is 59.6 Å². The van der Waals surface area contributed by atoms with Gasteiger partial charge in [0.2, 0.25) is 0 Å². The van der Waals surface area contributed by atoms with Gasteiger partial charge in [-0.05, 0) is 43.7 Å². The summed E-state index contributed by atoms with van der Waals surface area (Å²) in [7, 11) is 3.74. The third-order valence-corrected chi connectivity index (χ3v) is 4.68. The lowest BCUT2D eigenvalue weighted by Crippen LogP contribution is -2.36. The minimum absolute atomic E-state index is 0.677. The number of nitrogens with one attached hydrogen (secondary N) is 2. The van der Waals surface area contributed by atoms with E-state index in [1.165, 1.54) is 5.56 Å². The number of hydrogen-bond donors (Lipinski definition) is 2. The normalized spacial score (nSPS) is 11.4. The van der Waals surface area contributed by atoms with Crippen molar-refractivity contribution in [1.82, 2.24) is 20.4 Å². The van der Waals surface area contributed by atoms with Gasteiger partial charge >= 0.3 is 0 Å². The first kappa shape index (κ1) is 19.5. The molecule has 0 unspecified atom stereocenters. The van der Waals surface area contributed by atoms with Crippen LogP contribution < -0.4 is 15.4 Å². The Labute approximate surface area is 166 Å². The third kappa shape index (κ3) is 4.91. The maximum absolute atomic E-state index is 5.83. The maximum Gasteiger partial charge on any atom is 0.191 e. The summed E-state index contributed by atoms with van der Waals surface area (Å²) in [5.74, 6) is 2.41. The van der Waals surface area contributed by atoms with Crippen LogP contribution in [0.3, 0.4) is 0 Å². The van der Waals surface area contributed by atoms with Crippen molar-refractivity contribution in [2.24, 2.45) is 12.0 Å². The Kier molecular flexibility index (Phi) is 6.32. The molecule has 0 amide bonds. The molecular formula is C22H27N5O. The van der Waals surface area contributed by atoms with Crippen LogP contribution in [0, 0.1) is 13.8 Å². The fourth-order valence-electron chi connectivity index (χ4n) is 2.95. The molecule has 0 bridgehead atoms. The zero-order valence-electron chi connectivity index (χ0n) is 16.9. The number of rotatable bonds is 6. The van der Waals surface area contributed by atoms with Gasteiger partial charge in [0, 0.05) is 38.4 Å². The molecule has 6 nitrogen and oxygen atoms in total. The van der Waals surface area contributed by atoms with Crippen LogP contribution >= 0.6 is 0 Å². The van der Waals surface area contributed by atoms with E-state index >= 15 is 0 Å². The molecule has 1 aromatic heterocycles. The molecule has 2 N–H and O–H groups in total. The molecule has 3 rings (SSSR count). The van der Waals surface area contributed by atoms with Gasteiger partial charge in [0.25, 0.3) is 0 Å². The molecule has 0 radical (unpaired) electrons. The largest absolute Gasteiger partial charge is 0.457 e. The molecule has 0 saturated heterocycles. The Morgan fingerprint density at radius 2 is 1.61 bits per heavy atom. The zero-order chi connectivity index (χ0) is 19.9. The second-order valence-corrected chi connectivity index (χ2v) is 6.61. The zero-order valence-corrected chi connectivity index (χ0v) is 16.9. The lowest BCUT2D eigenvalue weighted by Gasteiger charge is -2.13. The van der Waals surface area contributed by atoms with Gasteiger partial charge in [-0.3, -0.25) is 9.67 Å². The van der Waals surface area contributed by atoms with Crippen LogP contribution in [0.4, 0.5) is 0 Å². The van der Waals surface area contributed by atoms with Gasteiger partial charge in [-0.15, -0.1) is 0 Å². The summed E-state index contributed by atoms with van der Waals surface area (Å²) in [6.45, 7) is 5.47. The minimum Gasteiger partial charge on any atom is -0.457 e. The SMILES string of the molecule is CN=C(NCc1ccc(Oc2ccccc2)cc1)NCc1c(C)nn(C)c1C. The van der Waals surface area contributed by atoms with Crippen molar-refractivity contribution in [3.05, 3.63) is 77.1 Å². The van der Waals surface area contributed by atoms with Gasteiger partial charge in [0.15, 0.2) is 5.96 Å². The van der Waals surface area contributed by atoms with Crippen LogP contribution in [-0.2, 0) is 20.1 Å². The Hall–Kier alpha value is -3.28. The van der Waals surface area contributed by atoms with E-state index in [4.69, 9.17) is 4.74 Å². The lowest BCUT2D eigenvalue weighted by atomic mass is 10.2. The Morgan fingerprint density at radius 1 is 0.964 bits per heavy atom. The maximum atomic E-state index is 5.83. The van der Waals surface area contributed by atoms with Crippen molar-refractivity contribution in [2.75, 3.05) is 7.05 Å². The van der Waals surface area contributed by atoms with E-state index in [9.17, 15) is 0 Å². The third-order valence-electron chi connectivity index (χ3n) is 4.68. The summed E-state index contributed by atoms with van der Waals surface area (Å²) >= 11 is 0. The fourth-order valence-corrected chi connectivity index (χ4v) is 2.95. The molecule has 146 valence electrons.